The summed E-state index contributed by atoms with van der Waals surface area (Å²) in [6.07, 6.45) is 7.02. The standard InChI is InChI=1S/C13H16N4O/c1-2-6-14-10(3-1)9-18-12-5-4-11-13(17-12)16-8-7-15-11/h4-5,7-8,10,14H,1-3,6,9H2. The van der Waals surface area contributed by atoms with Crippen molar-refractivity contribution in [2.45, 2.75) is 25.3 Å². The average Bonchev–Trinajstić information content (AvgIpc) is 2.46. The largest absolute Gasteiger partial charge is 0.476 e. The van der Waals surface area contributed by atoms with Gasteiger partial charge in [-0.05, 0) is 25.5 Å². The van der Waals surface area contributed by atoms with E-state index in [0.29, 0.717) is 24.2 Å². The molecule has 1 unspecified atom stereocenters. The Morgan fingerprint density at radius 2 is 2.17 bits per heavy atom. The molecule has 0 aromatic carbocycles. The molecule has 1 aliphatic rings. The lowest BCUT2D eigenvalue weighted by atomic mass is 10.1. The Hall–Kier alpha value is -1.75. The van der Waals surface area contributed by atoms with Crippen LogP contribution in [-0.4, -0.2) is 34.1 Å². The van der Waals surface area contributed by atoms with Crippen LogP contribution in [0.5, 0.6) is 5.88 Å². The summed E-state index contributed by atoms with van der Waals surface area (Å²) in [4.78, 5) is 12.7. The molecule has 2 aromatic heterocycles. The molecule has 1 saturated heterocycles. The highest BCUT2D eigenvalue weighted by Gasteiger charge is 2.13. The molecular formula is C13H16N4O. The lowest BCUT2D eigenvalue weighted by Crippen LogP contribution is -2.38. The number of hydrogen-bond acceptors (Lipinski definition) is 5. The van der Waals surface area contributed by atoms with Crippen molar-refractivity contribution >= 4 is 11.2 Å². The molecular weight excluding hydrogens is 228 g/mol. The molecule has 0 amide bonds. The van der Waals surface area contributed by atoms with Crippen molar-refractivity contribution in [3.63, 3.8) is 0 Å². The molecule has 3 heterocycles. The predicted octanol–water partition coefficient (Wildman–Crippen LogP) is 1.55. The van der Waals surface area contributed by atoms with Gasteiger partial charge >= 0.3 is 0 Å². The van der Waals surface area contributed by atoms with Crippen LogP contribution in [0.25, 0.3) is 11.2 Å². The first-order valence-corrected chi connectivity index (χ1v) is 6.36. The monoisotopic (exact) mass is 244 g/mol. The van der Waals surface area contributed by atoms with E-state index >= 15 is 0 Å². The van der Waals surface area contributed by atoms with Gasteiger partial charge in [0.2, 0.25) is 5.88 Å². The number of ether oxygens (including phenoxy) is 1. The van der Waals surface area contributed by atoms with Crippen LogP contribution in [0, 0.1) is 0 Å². The van der Waals surface area contributed by atoms with Gasteiger partial charge < -0.3 is 10.1 Å². The van der Waals surface area contributed by atoms with Crippen molar-refractivity contribution in [2.24, 2.45) is 0 Å². The summed E-state index contributed by atoms with van der Waals surface area (Å²) >= 11 is 0. The second-order valence-electron chi connectivity index (χ2n) is 4.51. The number of nitrogens with one attached hydrogen (secondary N) is 1. The fourth-order valence-electron chi connectivity index (χ4n) is 2.17. The Labute approximate surface area is 106 Å². The molecule has 94 valence electrons. The van der Waals surface area contributed by atoms with E-state index in [1.807, 2.05) is 12.1 Å². The summed E-state index contributed by atoms with van der Waals surface area (Å²) in [6.45, 7) is 1.75. The van der Waals surface area contributed by atoms with Gasteiger partial charge in [-0.15, -0.1) is 0 Å². The maximum atomic E-state index is 5.71. The van der Waals surface area contributed by atoms with Crippen LogP contribution in [0.15, 0.2) is 24.5 Å². The van der Waals surface area contributed by atoms with Crippen molar-refractivity contribution in [3.8, 4) is 5.88 Å². The highest BCUT2D eigenvalue weighted by molar-refractivity contribution is 5.69. The molecule has 3 rings (SSSR count). The highest BCUT2D eigenvalue weighted by atomic mass is 16.5. The van der Waals surface area contributed by atoms with Gasteiger partial charge in [-0.2, -0.15) is 4.98 Å². The van der Waals surface area contributed by atoms with E-state index in [0.717, 1.165) is 12.1 Å². The Balaban J connectivity index is 1.66. The summed E-state index contributed by atoms with van der Waals surface area (Å²) in [5, 5.41) is 3.45. The molecule has 0 saturated carbocycles. The minimum absolute atomic E-state index is 0.443. The van der Waals surface area contributed by atoms with Crippen molar-refractivity contribution in [1.82, 2.24) is 20.3 Å². The Bertz CT molecular complexity index is 525. The van der Waals surface area contributed by atoms with Crippen LogP contribution in [-0.2, 0) is 0 Å². The number of fused-ring (bicyclic) bond motifs is 1. The molecule has 1 N–H and O–H groups in total. The van der Waals surface area contributed by atoms with Crippen molar-refractivity contribution < 1.29 is 4.74 Å². The zero-order valence-electron chi connectivity index (χ0n) is 10.2. The first kappa shape index (κ1) is 11.3. The number of nitrogens with zero attached hydrogens (tertiary/aromatic N) is 3. The molecule has 0 spiro atoms. The van der Waals surface area contributed by atoms with E-state index in [1.165, 1.54) is 19.3 Å². The molecule has 2 aromatic rings. The number of rotatable bonds is 3. The first-order chi connectivity index (χ1) is 8.92. The van der Waals surface area contributed by atoms with Gasteiger partial charge in [0.1, 0.15) is 12.1 Å². The van der Waals surface area contributed by atoms with Crippen LogP contribution < -0.4 is 10.1 Å². The van der Waals surface area contributed by atoms with Crippen molar-refractivity contribution in [1.29, 1.82) is 0 Å². The number of pyridine rings is 1. The van der Waals surface area contributed by atoms with E-state index in [4.69, 9.17) is 4.74 Å². The van der Waals surface area contributed by atoms with Gasteiger partial charge in [-0.3, -0.25) is 4.98 Å². The third-order valence-electron chi connectivity index (χ3n) is 3.15. The number of aromatic nitrogens is 3. The van der Waals surface area contributed by atoms with E-state index < -0.39 is 0 Å². The molecule has 1 aliphatic heterocycles. The summed E-state index contributed by atoms with van der Waals surface area (Å²) in [5.41, 5.74) is 1.42. The van der Waals surface area contributed by atoms with Gasteiger partial charge in [0.05, 0.1) is 0 Å². The molecule has 0 aliphatic carbocycles. The summed E-state index contributed by atoms with van der Waals surface area (Å²) in [5.74, 6) is 0.621. The molecule has 1 fully saturated rings. The molecule has 0 bridgehead atoms. The van der Waals surface area contributed by atoms with Gasteiger partial charge in [-0.25, -0.2) is 4.98 Å². The highest BCUT2D eigenvalue weighted by Crippen LogP contribution is 2.14. The van der Waals surface area contributed by atoms with Crippen molar-refractivity contribution in [3.05, 3.63) is 24.5 Å². The maximum absolute atomic E-state index is 5.71. The maximum Gasteiger partial charge on any atom is 0.215 e. The fraction of sp³-hybridized carbons (Fsp3) is 0.462. The third kappa shape index (κ3) is 2.56. The van der Waals surface area contributed by atoms with E-state index in [-0.39, 0.29) is 0 Å². The zero-order chi connectivity index (χ0) is 12.2. The van der Waals surface area contributed by atoms with Gasteiger partial charge in [-0.1, -0.05) is 6.42 Å². The second-order valence-corrected chi connectivity index (χ2v) is 4.51. The third-order valence-corrected chi connectivity index (χ3v) is 3.15. The summed E-state index contributed by atoms with van der Waals surface area (Å²) in [6, 6.07) is 4.18. The fourth-order valence-corrected chi connectivity index (χ4v) is 2.17. The van der Waals surface area contributed by atoms with Crippen LogP contribution in [0.4, 0.5) is 0 Å². The Kier molecular flexibility index (Phi) is 3.32. The molecule has 5 nitrogen and oxygen atoms in total. The van der Waals surface area contributed by atoms with E-state index in [9.17, 15) is 0 Å². The van der Waals surface area contributed by atoms with E-state index in [2.05, 4.69) is 20.3 Å². The van der Waals surface area contributed by atoms with Crippen LogP contribution in [0.3, 0.4) is 0 Å². The quantitative estimate of drug-likeness (QED) is 0.887. The predicted molar refractivity (Wildman–Crippen MR) is 68.5 cm³/mol. The molecule has 18 heavy (non-hydrogen) atoms. The first-order valence-electron chi connectivity index (χ1n) is 6.36. The number of hydrogen-bond donors (Lipinski definition) is 1. The lowest BCUT2D eigenvalue weighted by Gasteiger charge is -2.23. The van der Waals surface area contributed by atoms with Crippen LogP contribution in [0.2, 0.25) is 0 Å². The lowest BCUT2D eigenvalue weighted by molar-refractivity contribution is 0.232. The summed E-state index contributed by atoms with van der Waals surface area (Å²) < 4.78 is 5.71. The summed E-state index contributed by atoms with van der Waals surface area (Å²) in [7, 11) is 0. The molecule has 0 radical (unpaired) electrons. The normalized spacial score (nSPS) is 19.9. The molecule has 5 heteroatoms. The van der Waals surface area contributed by atoms with Gasteiger partial charge in [0.25, 0.3) is 0 Å². The Morgan fingerprint density at radius 1 is 1.22 bits per heavy atom. The zero-order valence-corrected chi connectivity index (χ0v) is 10.2. The Morgan fingerprint density at radius 3 is 3.06 bits per heavy atom. The minimum atomic E-state index is 0.443. The van der Waals surface area contributed by atoms with Gasteiger partial charge in [0.15, 0.2) is 5.65 Å². The van der Waals surface area contributed by atoms with E-state index in [1.54, 1.807) is 12.4 Å². The van der Waals surface area contributed by atoms with Crippen LogP contribution in [0.1, 0.15) is 19.3 Å². The smallest absolute Gasteiger partial charge is 0.215 e. The topological polar surface area (TPSA) is 59.9 Å². The average molecular weight is 244 g/mol. The SMILES string of the molecule is c1cnc2nc(OCC3CCCCN3)ccc2n1. The minimum Gasteiger partial charge on any atom is -0.476 e. The van der Waals surface area contributed by atoms with Crippen LogP contribution >= 0.6 is 0 Å². The van der Waals surface area contributed by atoms with Crippen molar-refractivity contribution in [2.75, 3.05) is 13.2 Å². The second kappa shape index (κ2) is 5.27. The number of piperidine rings is 1. The van der Waals surface area contributed by atoms with Gasteiger partial charge in [0, 0.05) is 24.5 Å². The molecule has 1 atom stereocenters.